The summed E-state index contributed by atoms with van der Waals surface area (Å²) in [7, 11) is 0. The van der Waals surface area contributed by atoms with Crippen LogP contribution in [-0.2, 0) is 0 Å². The van der Waals surface area contributed by atoms with E-state index < -0.39 is 10.9 Å². The molecular weight excluding hydrogens is 266 g/mol. The van der Waals surface area contributed by atoms with Crippen LogP contribution >= 0.6 is 0 Å². The Hall–Kier alpha value is -3.03. The van der Waals surface area contributed by atoms with Gasteiger partial charge in [-0.25, -0.2) is 14.8 Å². The molecule has 8 nitrogen and oxygen atoms in total. The van der Waals surface area contributed by atoms with Crippen molar-refractivity contribution in [1.29, 1.82) is 0 Å². The zero-order chi connectivity index (χ0) is 14.7. The number of para-hydroxylation sites is 1. The van der Waals surface area contributed by atoms with E-state index in [9.17, 15) is 14.9 Å². The maximum atomic E-state index is 10.9. The highest BCUT2D eigenvalue weighted by Crippen LogP contribution is 2.32. The van der Waals surface area contributed by atoms with Crippen LogP contribution in [0.3, 0.4) is 0 Å². The minimum atomic E-state index is -1.17. The van der Waals surface area contributed by atoms with E-state index >= 15 is 0 Å². The lowest BCUT2D eigenvalue weighted by molar-refractivity contribution is -0.385. The molecule has 0 aliphatic carbocycles. The SMILES string of the molecule is Cc1cccc([N+](=O)[O-])c1Oc1ncc(C(=O)O)cn1. The third-order valence-corrected chi connectivity index (χ3v) is 2.46. The lowest BCUT2D eigenvalue weighted by atomic mass is 10.2. The Bertz CT molecular complexity index is 669. The standard InChI is InChI=1S/C12H9N3O5/c1-7-3-2-4-9(15(18)19)10(7)20-12-13-5-8(6-14-12)11(16)17/h2-6H,1H3,(H,16,17). The lowest BCUT2D eigenvalue weighted by Gasteiger charge is -2.07. The van der Waals surface area contributed by atoms with Crippen LogP contribution in [0.2, 0.25) is 0 Å². The topological polar surface area (TPSA) is 115 Å². The van der Waals surface area contributed by atoms with Gasteiger partial charge in [0.15, 0.2) is 0 Å². The average Bonchev–Trinajstić information content (AvgIpc) is 2.41. The van der Waals surface area contributed by atoms with Crippen molar-refractivity contribution >= 4 is 11.7 Å². The third kappa shape index (κ3) is 2.69. The normalized spacial score (nSPS) is 10.1. The molecule has 2 aromatic rings. The number of carbonyl (C=O) groups is 1. The number of nitro groups is 1. The van der Waals surface area contributed by atoms with E-state index in [-0.39, 0.29) is 23.0 Å². The van der Waals surface area contributed by atoms with Crippen molar-refractivity contribution in [3.63, 3.8) is 0 Å². The molecule has 0 atom stereocenters. The van der Waals surface area contributed by atoms with Gasteiger partial charge in [-0.3, -0.25) is 10.1 Å². The van der Waals surface area contributed by atoms with Crippen LogP contribution in [-0.4, -0.2) is 26.0 Å². The van der Waals surface area contributed by atoms with Crippen LogP contribution < -0.4 is 4.74 Å². The average molecular weight is 275 g/mol. The quantitative estimate of drug-likeness (QED) is 0.671. The Morgan fingerprint density at radius 2 is 2.00 bits per heavy atom. The summed E-state index contributed by atoms with van der Waals surface area (Å²) in [6.45, 7) is 1.65. The maximum Gasteiger partial charge on any atom is 0.338 e. The molecule has 0 saturated carbocycles. The van der Waals surface area contributed by atoms with Crippen molar-refractivity contribution < 1.29 is 19.6 Å². The van der Waals surface area contributed by atoms with Crippen molar-refractivity contribution in [2.45, 2.75) is 6.92 Å². The molecule has 0 fully saturated rings. The zero-order valence-corrected chi connectivity index (χ0v) is 10.3. The van der Waals surface area contributed by atoms with Gasteiger partial charge < -0.3 is 9.84 Å². The first-order valence-corrected chi connectivity index (χ1v) is 5.46. The van der Waals surface area contributed by atoms with E-state index in [4.69, 9.17) is 9.84 Å². The number of hydrogen-bond donors (Lipinski definition) is 1. The van der Waals surface area contributed by atoms with Gasteiger partial charge in [0, 0.05) is 18.5 Å². The van der Waals surface area contributed by atoms with E-state index in [2.05, 4.69) is 9.97 Å². The molecule has 0 radical (unpaired) electrons. The summed E-state index contributed by atoms with van der Waals surface area (Å²) in [5.41, 5.74) is 0.234. The number of rotatable bonds is 4. The number of nitrogens with zero attached hydrogens (tertiary/aromatic N) is 3. The van der Waals surface area contributed by atoms with E-state index in [0.29, 0.717) is 5.56 Å². The highest BCUT2D eigenvalue weighted by atomic mass is 16.6. The number of ether oxygens (including phenoxy) is 1. The molecule has 1 N–H and O–H groups in total. The fraction of sp³-hybridized carbons (Fsp3) is 0.0833. The van der Waals surface area contributed by atoms with Gasteiger partial charge in [-0.2, -0.15) is 0 Å². The zero-order valence-electron chi connectivity index (χ0n) is 10.3. The Balaban J connectivity index is 2.34. The van der Waals surface area contributed by atoms with Gasteiger partial charge in [0.05, 0.1) is 10.5 Å². The second-order valence-electron chi connectivity index (χ2n) is 3.84. The van der Waals surface area contributed by atoms with Gasteiger partial charge in [-0.15, -0.1) is 0 Å². The smallest absolute Gasteiger partial charge is 0.338 e. The van der Waals surface area contributed by atoms with E-state index in [0.717, 1.165) is 12.4 Å². The largest absolute Gasteiger partial charge is 0.478 e. The summed E-state index contributed by atoms with van der Waals surface area (Å²) in [5.74, 6) is -1.14. The molecule has 2 rings (SSSR count). The number of carboxylic acid groups (broad SMARTS) is 1. The second-order valence-corrected chi connectivity index (χ2v) is 3.84. The summed E-state index contributed by atoms with van der Waals surface area (Å²) < 4.78 is 5.28. The molecule has 102 valence electrons. The Kier molecular flexibility index (Phi) is 3.56. The first kappa shape index (κ1) is 13.4. The van der Waals surface area contributed by atoms with Gasteiger partial charge in [0.25, 0.3) is 0 Å². The van der Waals surface area contributed by atoms with Crippen LogP contribution in [0, 0.1) is 17.0 Å². The van der Waals surface area contributed by atoms with E-state index in [1.54, 1.807) is 13.0 Å². The number of aromatic carboxylic acids is 1. The minimum absolute atomic E-state index is 0.0283. The van der Waals surface area contributed by atoms with Crippen molar-refractivity contribution in [2.75, 3.05) is 0 Å². The number of aryl methyl sites for hydroxylation is 1. The van der Waals surface area contributed by atoms with E-state index in [1.165, 1.54) is 12.1 Å². The molecule has 0 unspecified atom stereocenters. The van der Waals surface area contributed by atoms with E-state index in [1.807, 2.05) is 0 Å². The highest BCUT2D eigenvalue weighted by molar-refractivity contribution is 5.86. The molecule has 1 aromatic heterocycles. The minimum Gasteiger partial charge on any atom is -0.478 e. The predicted octanol–water partition coefficient (Wildman–Crippen LogP) is 2.18. The fourth-order valence-corrected chi connectivity index (χ4v) is 1.48. The Morgan fingerprint density at radius 1 is 1.35 bits per heavy atom. The summed E-state index contributed by atoms with van der Waals surface area (Å²) in [5, 5.41) is 19.6. The monoisotopic (exact) mass is 275 g/mol. The van der Waals surface area contributed by atoms with Gasteiger partial charge in [-0.1, -0.05) is 12.1 Å². The first-order chi connectivity index (χ1) is 9.49. The molecule has 0 bridgehead atoms. The molecular formula is C12H9N3O5. The molecule has 20 heavy (non-hydrogen) atoms. The molecule has 1 aromatic carbocycles. The van der Waals surface area contributed by atoms with Crippen LogP contribution in [0.5, 0.6) is 11.8 Å². The maximum absolute atomic E-state index is 10.9. The van der Waals surface area contributed by atoms with Crippen molar-refractivity contribution in [2.24, 2.45) is 0 Å². The van der Waals surface area contributed by atoms with Crippen molar-refractivity contribution in [3.8, 4) is 11.8 Å². The van der Waals surface area contributed by atoms with Gasteiger partial charge in [0.2, 0.25) is 5.75 Å². The van der Waals surface area contributed by atoms with Crippen molar-refractivity contribution in [1.82, 2.24) is 9.97 Å². The third-order valence-electron chi connectivity index (χ3n) is 2.46. The fourth-order valence-electron chi connectivity index (χ4n) is 1.48. The van der Waals surface area contributed by atoms with Crippen LogP contribution in [0.25, 0.3) is 0 Å². The Morgan fingerprint density at radius 3 is 2.55 bits per heavy atom. The summed E-state index contributed by atoms with van der Waals surface area (Å²) >= 11 is 0. The molecule has 0 aliphatic heterocycles. The highest BCUT2D eigenvalue weighted by Gasteiger charge is 2.18. The number of carboxylic acids is 1. The molecule has 0 saturated heterocycles. The Labute approximate surface area is 112 Å². The summed E-state index contributed by atoms with van der Waals surface area (Å²) in [6.07, 6.45) is 2.13. The molecule has 0 amide bonds. The number of aromatic nitrogens is 2. The number of nitro benzene ring substituents is 1. The van der Waals surface area contributed by atoms with Gasteiger partial charge >= 0.3 is 17.7 Å². The number of benzene rings is 1. The molecule has 8 heteroatoms. The summed E-state index contributed by atoms with van der Waals surface area (Å²) in [4.78, 5) is 28.4. The molecule has 0 aliphatic rings. The molecule has 0 spiro atoms. The van der Waals surface area contributed by atoms with Gasteiger partial charge in [0.1, 0.15) is 0 Å². The van der Waals surface area contributed by atoms with Crippen LogP contribution in [0.15, 0.2) is 30.6 Å². The van der Waals surface area contributed by atoms with Gasteiger partial charge in [-0.05, 0) is 12.5 Å². The van der Waals surface area contributed by atoms with Crippen LogP contribution in [0.1, 0.15) is 15.9 Å². The number of hydrogen-bond acceptors (Lipinski definition) is 6. The molecule has 1 heterocycles. The predicted molar refractivity (Wildman–Crippen MR) is 66.9 cm³/mol. The second kappa shape index (κ2) is 5.31. The van der Waals surface area contributed by atoms with Crippen molar-refractivity contribution in [3.05, 3.63) is 51.8 Å². The first-order valence-electron chi connectivity index (χ1n) is 5.46. The van der Waals surface area contributed by atoms with Crippen LogP contribution in [0.4, 0.5) is 5.69 Å². The summed E-state index contributed by atoms with van der Waals surface area (Å²) in [6, 6.07) is 4.32. The lowest BCUT2D eigenvalue weighted by Crippen LogP contribution is -2.01.